The molecule has 1 aromatic carbocycles. The molecule has 23 heavy (non-hydrogen) atoms. The monoisotopic (exact) mass is 340 g/mol. The molecule has 2 atom stereocenters. The molecule has 126 valence electrons. The van der Waals surface area contributed by atoms with Gasteiger partial charge in [0.15, 0.2) is 0 Å². The molecule has 0 aliphatic carbocycles. The fourth-order valence-electron chi connectivity index (χ4n) is 3.51. The molecule has 0 aromatic heterocycles. The number of amides is 1. The second-order valence-electron chi connectivity index (χ2n) is 6.36. The Morgan fingerprint density at radius 1 is 1.17 bits per heavy atom. The number of rotatable bonds is 4. The van der Waals surface area contributed by atoms with Crippen molar-refractivity contribution in [2.45, 2.75) is 37.1 Å². The van der Waals surface area contributed by atoms with Crippen molar-refractivity contribution in [3.63, 3.8) is 0 Å². The molecule has 5 nitrogen and oxygen atoms in total. The maximum Gasteiger partial charge on any atom is 0.307 e. The van der Waals surface area contributed by atoms with Crippen LogP contribution in [0, 0.1) is 0 Å². The van der Waals surface area contributed by atoms with Crippen molar-refractivity contribution in [2.24, 2.45) is 0 Å². The van der Waals surface area contributed by atoms with Gasteiger partial charge in [0.2, 0.25) is 5.91 Å². The lowest BCUT2D eigenvalue weighted by Gasteiger charge is -2.37. The largest absolute Gasteiger partial charge is 0.337 e. The van der Waals surface area contributed by atoms with Crippen LogP contribution in [0.4, 0.5) is 3.89 Å². The van der Waals surface area contributed by atoms with Gasteiger partial charge >= 0.3 is 10.2 Å². The molecular weight excluding hydrogens is 319 g/mol. The van der Waals surface area contributed by atoms with Gasteiger partial charge in [-0.1, -0.05) is 30.3 Å². The fourth-order valence-corrected chi connectivity index (χ4v) is 4.19. The number of carbonyl (C=O) groups excluding carboxylic acids is 1. The minimum Gasteiger partial charge on any atom is -0.337 e. The summed E-state index contributed by atoms with van der Waals surface area (Å²) in [5.41, 5.74) is 1.21. The maximum atomic E-state index is 13.2. The van der Waals surface area contributed by atoms with Crippen molar-refractivity contribution in [3.05, 3.63) is 35.9 Å². The van der Waals surface area contributed by atoms with Gasteiger partial charge in [0.05, 0.1) is 0 Å². The highest BCUT2D eigenvalue weighted by molar-refractivity contribution is 7.87. The summed E-state index contributed by atoms with van der Waals surface area (Å²) < 4.78 is 35.3. The van der Waals surface area contributed by atoms with E-state index in [1.54, 1.807) is 4.90 Å². The first-order valence-corrected chi connectivity index (χ1v) is 9.37. The quantitative estimate of drug-likeness (QED) is 0.781. The molecule has 2 unspecified atom stereocenters. The number of hydrogen-bond donors (Lipinski definition) is 0. The highest BCUT2D eigenvalue weighted by atomic mass is 32.3. The molecule has 7 heteroatoms. The molecule has 2 aliphatic rings. The molecule has 3 rings (SSSR count). The lowest BCUT2D eigenvalue weighted by molar-refractivity contribution is -0.130. The van der Waals surface area contributed by atoms with E-state index in [0.717, 1.165) is 25.9 Å². The first kappa shape index (κ1) is 16.4. The normalized spacial score (nSPS) is 26.7. The topological polar surface area (TPSA) is 57.7 Å². The maximum absolute atomic E-state index is 13.2. The van der Waals surface area contributed by atoms with Gasteiger partial charge in [0.25, 0.3) is 0 Å². The fraction of sp³-hybridized carbons (Fsp3) is 0.562. The van der Waals surface area contributed by atoms with Crippen LogP contribution in [0.1, 0.15) is 24.8 Å². The van der Waals surface area contributed by atoms with Crippen LogP contribution in [0.2, 0.25) is 0 Å². The molecule has 1 aromatic rings. The zero-order valence-corrected chi connectivity index (χ0v) is 13.7. The first-order valence-electron chi connectivity index (χ1n) is 7.92. The van der Waals surface area contributed by atoms with E-state index in [2.05, 4.69) is 17.0 Å². The van der Waals surface area contributed by atoms with Crippen molar-refractivity contribution in [1.82, 2.24) is 9.80 Å². The highest BCUT2D eigenvalue weighted by Gasteiger charge is 2.42. The Hall–Kier alpha value is -1.47. The molecule has 2 heterocycles. The summed E-state index contributed by atoms with van der Waals surface area (Å²) in [6, 6.07) is 10.1. The van der Waals surface area contributed by atoms with Crippen LogP contribution in [0.5, 0.6) is 0 Å². The Labute approximate surface area is 136 Å². The molecule has 2 aliphatic heterocycles. The summed E-state index contributed by atoms with van der Waals surface area (Å²) in [5, 5.41) is -1.19. The van der Waals surface area contributed by atoms with Crippen molar-refractivity contribution < 1.29 is 17.1 Å². The average molecular weight is 340 g/mol. The number of likely N-dealkylation sites (tertiary alicyclic amines) is 2. The van der Waals surface area contributed by atoms with E-state index in [4.69, 9.17) is 0 Å². The summed E-state index contributed by atoms with van der Waals surface area (Å²) in [7, 11) is -4.65. The Balaban J connectivity index is 1.63. The van der Waals surface area contributed by atoms with Crippen molar-refractivity contribution in [1.29, 1.82) is 0 Å². The first-order chi connectivity index (χ1) is 10.9. The summed E-state index contributed by atoms with van der Waals surface area (Å²) in [6.07, 6.45) is 1.57. The van der Waals surface area contributed by atoms with Crippen LogP contribution in [-0.4, -0.2) is 55.1 Å². The van der Waals surface area contributed by atoms with E-state index in [1.165, 1.54) is 5.56 Å². The molecule has 0 saturated carbocycles. The third kappa shape index (κ3) is 3.90. The van der Waals surface area contributed by atoms with Gasteiger partial charge in [0, 0.05) is 32.1 Å². The van der Waals surface area contributed by atoms with Gasteiger partial charge in [0.1, 0.15) is 5.25 Å². The van der Waals surface area contributed by atoms with Crippen LogP contribution in [0.15, 0.2) is 30.3 Å². The second kappa shape index (κ2) is 6.57. The molecule has 0 N–H and O–H groups in total. The third-order valence-electron chi connectivity index (χ3n) is 4.69. The zero-order valence-electron chi connectivity index (χ0n) is 12.9. The number of carbonyl (C=O) groups is 1. The highest BCUT2D eigenvalue weighted by Crippen LogP contribution is 2.26. The molecule has 0 radical (unpaired) electrons. The smallest absolute Gasteiger partial charge is 0.307 e. The Morgan fingerprint density at radius 3 is 2.57 bits per heavy atom. The van der Waals surface area contributed by atoms with Crippen LogP contribution in [0.25, 0.3) is 0 Å². The van der Waals surface area contributed by atoms with Gasteiger partial charge in [-0.25, -0.2) is 0 Å². The molecular formula is C16H21FN2O3S. The predicted octanol–water partition coefficient (Wildman–Crippen LogP) is 1.55. The minimum absolute atomic E-state index is 0.0124. The van der Waals surface area contributed by atoms with Crippen molar-refractivity contribution >= 4 is 16.1 Å². The summed E-state index contributed by atoms with van der Waals surface area (Å²) >= 11 is 0. The Bertz CT molecular complexity index is 665. The minimum atomic E-state index is -4.65. The molecule has 0 bridgehead atoms. The number of piperidine rings is 1. The SMILES string of the molecule is O=C1CC(S(=O)(=O)F)CN1C1CCCN(Cc2ccccc2)C1. The summed E-state index contributed by atoms with van der Waals surface area (Å²) in [4.78, 5) is 15.9. The van der Waals surface area contributed by atoms with Crippen LogP contribution in [-0.2, 0) is 21.6 Å². The number of nitrogens with zero attached hydrogens (tertiary/aromatic N) is 2. The van der Waals surface area contributed by atoms with Crippen molar-refractivity contribution in [2.75, 3.05) is 19.6 Å². The Kier molecular flexibility index (Phi) is 4.68. The standard InChI is InChI=1S/C16H21FN2O3S/c17-23(21,22)15-9-16(20)19(12-15)14-7-4-8-18(11-14)10-13-5-2-1-3-6-13/h1-3,5-6,14-15H,4,7-12H2. The molecule has 2 saturated heterocycles. The predicted molar refractivity (Wildman–Crippen MR) is 84.9 cm³/mol. The lowest BCUT2D eigenvalue weighted by Crippen LogP contribution is -2.48. The average Bonchev–Trinajstić information content (AvgIpc) is 2.91. The summed E-state index contributed by atoms with van der Waals surface area (Å²) in [6.45, 7) is 2.46. The van der Waals surface area contributed by atoms with Crippen molar-refractivity contribution in [3.8, 4) is 0 Å². The van der Waals surface area contributed by atoms with E-state index >= 15 is 0 Å². The molecule has 2 fully saturated rings. The van der Waals surface area contributed by atoms with E-state index in [1.807, 2.05) is 18.2 Å². The van der Waals surface area contributed by atoms with E-state index in [-0.39, 0.29) is 24.9 Å². The van der Waals surface area contributed by atoms with E-state index in [9.17, 15) is 17.1 Å². The van der Waals surface area contributed by atoms with Gasteiger partial charge in [-0.3, -0.25) is 9.69 Å². The molecule has 1 amide bonds. The molecule has 0 spiro atoms. The number of benzene rings is 1. The number of hydrogen-bond acceptors (Lipinski definition) is 4. The van der Waals surface area contributed by atoms with E-state index in [0.29, 0.717) is 6.54 Å². The zero-order chi connectivity index (χ0) is 16.4. The van der Waals surface area contributed by atoms with Gasteiger partial charge in [-0.05, 0) is 24.9 Å². The van der Waals surface area contributed by atoms with E-state index < -0.39 is 15.5 Å². The van der Waals surface area contributed by atoms with Gasteiger partial charge in [-0.2, -0.15) is 8.42 Å². The number of halogens is 1. The van der Waals surface area contributed by atoms with Crippen LogP contribution < -0.4 is 0 Å². The van der Waals surface area contributed by atoms with Gasteiger partial charge < -0.3 is 4.90 Å². The lowest BCUT2D eigenvalue weighted by atomic mass is 10.0. The third-order valence-corrected chi connectivity index (χ3v) is 5.80. The van der Waals surface area contributed by atoms with Crippen LogP contribution >= 0.6 is 0 Å². The second-order valence-corrected chi connectivity index (χ2v) is 7.98. The van der Waals surface area contributed by atoms with Crippen LogP contribution in [0.3, 0.4) is 0 Å². The Morgan fingerprint density at radius 2 is 1.91 bits per heavy atom. The summed E-state index contributed by atoms with van der Waals surface area (Å²) in [5.74, 6) is -0.247. The van der Waals surface area contributed by atoms with Gasteiger partial charge in [-0.15, -0.1) is 3.89 Å².